The van der Waals surface area contributed by atoms with Gasteiger partial charge in [0.1, 0.15) is 5.69 Å². The molecule has 0 bridgehead atoms. The number of halogens is 1. The van der Waals surface area contributed by atoms with E-state index in [2.05, 4.69) is 31.2 Å². The van der Waals surface area contributed by atoms with Crippen LogP contribution in [-0.2, 0) is 17.9 Å². The van der Waals surface area contributed by atoms with E-state index in [0.717, 1.165) is 48.5 Å². The maximum Gasteiger partial charge on any atom is 0.273 e. The normalized spacial score (nSPS) is 15.2. The Morgan fingerprint density at radius 2 is 1.86 bits per heavy atom. The molecule has 156 valence electrons. The molecule has 7 nitrogen and oxygen atoms in total. The molecule has 1 aliphatic heterocycles. The van der Waals surface area contributed by atoms with Gasteiger partial charge in [0.15, 0.2) is 0 Å². The van der Waals surface area contributed by atoms with Crippen molar-refractivity contribution in [1.82, 2.24) is 19.6 Å². The lowest BCUT2D eigenvalue weighted by molar-refractivity contribution is -0.114. The van der Waals surface area contributed by atoms with Crippen LogP contribution in [0.1, 0.15) is 42.0 Å². The molecule has 2 amide bonds. The fraction of sp³-hybridized carbons (Fsp3) is 0.476. The Labute approximate surface area is 180 Å². The summed E-state index contributed by atoms with van der Waals surface area (Å²) in [7, 11) is 0. The van der Waals surface area contributed by atoms with E-state index in [4.69, 9.17) is 0 Å². The van der Waals surface area contributed by atoms with Gasteiger partial charge in [-0.25, -0.2) is 0 Å². The van der Waals surface area contributed by atoms with Crippen molar-refractivity contribution in [1.29, 1.82) is 0 Å². The fourth-order valence-corrected chi connectivity index (χ4v) is 4.08. The number of carbonyl (C=O) groups excluding carboxylic acids is 2. The number of nitrogens with zero attached hydrogens (tertiary/aromatic N) is 4. The zero-order valence-electron chi connectivity index (χ0n) is 17.2. The van der Waals surface area contributed by atoms with Crippen molar-refractivity contribution in [2.24, 2.45) is 0 Å². The predicted octanol–water partition coefficient (Wildman–Crippen LogP) is 3.28. The maximum atomic E-state index is 13.1. The minimum atomic E-state index is -0.0683. The highest BCUT2D eigenvalue weighted by molar-refractivity contribution is 9.10. The molecule has 0 atom stereocenters. The van der Waals surface area contributed by atoms with Gasteiger partial charge in [0, 0.05) is 51.9 Å². The zero-order chi connectivity index (χ0) is 21.0. The first kappa shape index (κ1) is 21.5. The number of aryl methyl sites for hydroxylation is 2. The highest BCUT2D eigenvalue weighted by Crippen LogP contribution is 2.23. The number of benzene rings is 1. The summed E-state index contributed by atoms with van der Waals surface area (Å²) in [5, 5.41) is 7.24. The van der Waals surface area contributed by atoms with Crippen LogP contribution in [0.2, 0.25) is 0 Å². The number of hydrogen-bond acceptors (Lipinski definition) is 4. The summed E-state index contributed by atoms with van der Waals surface area (Å²) in [5.74, 6) is -0.0258. The number of rotatable bonds is 5. The summed E-state index contributed by atoms with van der Waals surface area (Å²) in [6, 6.07) is 7.93. The van der Waals surface area contributed by atoms with E-state index in [9.17, 15) is 9.59 Å². The van der Waals surface area contributed by atoms with E-state index in [0.29, 0.717) is 18.8 Å². The third-order valence-corrected chi connectivity index (χ3v) is 6.06. The smallest absolute Gasteiger partial charge is 0.273 e. The van der Waals surface area contributed by atoms with Gasteiger partial charge in [0.05, 0.1) is 10.2 Å². The number of anilines is 1. The van der Waals surface area contributed by atoms with E-state index >= 15 is 0 Å². The average molecular weight is 462 g/mol. The van der Waals surface area contributed by atoms with Crippen molar-refractivity contribution in [3.8, 4) is 0 Å². The number of amides is 2. The molecule has 8 heteroatoms. The molecule has 0 saturated carbocycles. The first-order valence-corrected chi connectivity index (χ1v) is 10.8. The maximum absolute atomic E-state index is 13.1. The van der Waals surface area contributed by atoms with Gasteiger partial charge in [0.2, 0.25) is 5.91 Å². The largest absolute Gasteiger partial charge is 0.336 e. The molecule has 2 heterocycles. The molecule has 1 fully saturated rings. The van der Waals surface area contributed by atoms with Crippen molar-refractivity contribution in [2.45, 2.75) is 40.3 Å². The molecule has 1 saturated heterocycles. The Kier molecular flexibility index (Phi) is 7.08. The molecule has 1 aromatic carbocycles. The number of hydrogen-bond donors (Lipinski definition) is 1. The van der Waals surface area contributed by atoms with Crippen LogP contribution in [0.15, 0.2) is 28.7 Å². The van der Waals surface area contributed by atoms with Crippen LogP contribution in [0.4, 0.5) is 5.69 Å². The van der Waals surface area contributed by atoms with Gasteiger partial charge in [-0.15, -0.1) is 0 Å². The van der Waals surface area contributed by atoms with Crippen LogP contribution >= 0.6 is 15.9 Å². The van der Waals surface area contributed by atoms with Crippen LogP contribution in [-0.4, -0.2) is 57.6 Å². The van der Waals surface area contributed by atoms with Crippen molar-refractivity contribution < 1.29 is 9.59 Å². The van der Waals surface area contributed by atoms with Crippen molar-refractivity contribution in [3.05, 3.63) is 45.7 Å². The summed E-state index contributed by atoms with van der Waals surface area (Å²) in [6.07, 6.45) is 0.937. The first-order valence-electron chi connectivity index (χ1n) is 10.00. The molecule has 0 aliphatic carbocycles. The van der Waals surface area contributed by atoms with E-state index in [1.54, 1.807) is 4.68 Å². The molecule has 0 spiro atoms. The van der Waals surface area contributed by atoms with E-state index in [-0.39, 0.29) is 11.8 Å². The molecule has 2 aromatic rings. The second kappa shape index (κ2) is 9.54. The van der Waals surface area contributed by atoms with Crippen molar-refractivity contribution in [2.75, 3.05) is 31.5 Å². The monoisotopic (exact) mass is 461 g/mol. The first-order chi connectivity index (χ1) is 13.9. The number of carbonyl (C=O) groups is 2. The van der Waals surface area contributed by atoms with Crippen molar-refractivity contribution in [3.63, 3.8) is 0 Å². The predicted molar refractivity (Wildman–Crippen MR) is 117 cm³/mol. The summed E-state index contributed by atoms with van der Waals surface area (Å²) in [4.78, 5) is 28.6. The summed E-state index contributed by atoms with van der Waals surface area (Å²) >= 11 is 3.54. The van der Waals surface area contributed by atoms with Gasteiger partial charge in [-0.1, -0.05) is 12.1 Å². The molecule has 29 heavy (non-hydrogen) atoms. The Morgan fingerprint density at radius 1 is 1.14 bits per heavy atom. The third kappa shape index (κ3) is 5.25. The highest BCUT2D eigenvalue weighted by atomic mass is 79.9. The topological polar surface area (TPSA) is 70.5 Å². The lowest BCUT2D eigenvalue weighted by Crippen LogP contribution is -2.36. The van der Waals surface area contributed by atoms with Gasteiger partial charge in [-0.2, -0.15) is 5.10 Å². The lowest BCUT2D eigenvalue weighted by atomic mass is 10.2. The molecule has 1 aromatic heterocycles. The quantitative estimate of drug-likeness (QED) is 0.741. The minimum Gasteiger partial charge on any atom is -0.336 e. The van der Waals surface area contributed by atoms with Gasteiger partial charge in [-0.05, 0) is 53.9 Å². The Hall–Kier alpha value is -2.19. The van der Waals surface area contributed by atoms with E-state index in [1.165, 1.54) is 12.5 Å². The molecule has 1 N–H and O–H groups in total. The standard InChI is InChI=1S/C21H28BrN5O2/c1-4-27-20(19(22)15(2)24-27)21(29)26-11-5-10-25(12-13-26)14-17-6-8-18(9-7-17)23-16(3)28/h6-9H,4-5,10-14H2,1-3H3,(H,23,28). The summed E-state index contributed by atoms with van der Waals surface area (Å²) in [6.45, 7) is 10.1. The van der Waals surface area contributed by atoms with Crippen LogP contribution in [0, 0.1) is 6.92 Å². The molecule has 0 unspecified atom stereocenters. The summed E-state index contributed by atoms with van der Waals surface area (Å²) in [5.41, 5.74) is 3.49. The minimum absolute atomic E-state index is 0.0424. The molecular weight excluding hydrogens is 434 g/mol. The van der Waals surface area contributed by atoms with Gasteiger partial charge in [0.25, 0.3) is 5.91 Å². The Balaban J connectivity index is 1.62. The van der Waals surface area contributed by atoms with Gasteiger partial charge >= 0.3 is 0 Å². The van der Waals surface area contributed by atoms with Gasteiger partial charge in [-0.3, -0.25) is 19.2 Å². The molecule has 3 rings (SSSR count). The van der Waals surface area contributed by atoms with E-state index in [1.807, 2.05) is 43.0 Å². The van der Waals surface area contributed by atoms with Crippen LogP contribution < -0.4 is 5.32 Å². The second-order valence-corrected chi connectivity index (χ2v) is 8.16. The van der Waals surface area contributed by atoms with Crippen LogP contribution in [0.5, 0.6) is 0 Å². The second-order valence-electron chi connectivity index (χ2n) is 7.36. The lowest BCUT2D eigenvalue weighted by Gasteiger charge is -2.22. The zero-order valence-corrected chi connectivity index (χ0v) is 18.8. The van der Waals surface area contributed by atoms with Crippen molar-refractivity contribution >= 4 is 33.4 Å². The van der Waals surface area contributed by atoms with Crippen LogP contribution in [0.25, 0.3) is 0 Å². The summed E-state index contributed by atoms with van der Waals surface area (Å²) < 4.78 is 2.57. The third-order valence-electron chi connectivity index (χ3n) is 5.11. The highest BCUT2D eigenvalue weighted by Gasteiger charge is 2.26. The molecule has 1 aliphatic rings. The SMILES string of the molecule is CCn1nc(C)c(Br)c1C(=O)N1CCCN(Cc2ccc(NC(C)=O)cc2)CC1. The van der Waals surface area contributed by atoms with E-state index < -0.39 is 0 Å². The van der Waals surface area contributed by atoms with Crippen LogP contribution in [0.3, 0.4) is 0 Å². The Bertz CT molecular complexity index is 878. The molecular formula is C21H28BrN5O2. The average Bonchev–Trinajstić information content (AvgIpc) is 2.84. The number of aromatic nitrogens is 2. The van der Waals surface area contributed by atoms with Gasteiger partial charge < -0.3 is 10.2 Å². The molecule has 0 radical (unpaired) electrons. The number of nitrogens with one attached hydrogen (secondary N) is 1. The Morgan fingerprint density at radius 3 is 2.52 bits per heavy atom. The fourth-order valence-electron chi connectivity index (χ4n) is 3.63.